The van der Waals surface area contributed by atoms with E-state index in [1.807, 2.05) is 19.9 Å². The molecule has 2 rings (SSSR count). The van der Waals surface area contributed by atoms with Gasteiger partial charge in [-0.05, 0) is 50.6 Å². The Morgan fingerprint density at radius 3 is 2.61 bits per heavy atom. The molecule has 1 aromatic heterocycles. The van der Waals surface area contributed by atoms with E-state index in [2.05, 4.69) is 20.8 Å². The van der Waals surface area contributed by atoms with Gasteiger partial charge in [-0.15, -0.1) is 0 Å². The van der Waals surface area contributed by atoms with Gasteiger partial charge in [-0.2, -0.15) is 5.10 Å². The Morgan fingerprint density at radius 2 is 2.04 bits per heavy atom. The minimum absolute atomic E-state index is 0.0668. The van der Waals surface area contributed by atoms with Crippen molar-refractivity contribution in [1.82, 2.24) is 15.5 Å². The monoisotopic (exact) mass is 315 g/mol. The molecule has 0 unspecified atom stereocenters. The molecular formula is C16H21N5O2. The molecule has 0 aliphatic carbocycles. The molecule has 0 radical (unpaired) electrons. The lowest BCUT2D eigenvalue weighted by Crippen LogP contribution is -2.37. The van der Waals surface area contributed by atoms with Gasteiger partial charge in [0.1, 0.15) is 0 Å². The second-order valence-electron chi connectivity index (χ2n) is 5.64. The maximum atomic E-state index is 12.0. The number of carbonyl (C=O) groups excluding carboxylic acids is 2. The summed E-state index contributed by atoms with van der Waals surface area (Å²) < 4.78 is 0. The van der Waals surface area contributed by atoms with Gasteiger partial charge in [-0.1, -0.05) is 0 Å². The number of amides is 3. The van der Waals surface area contributed by atoms with Gasteiger partial charge in [0.05, 0.1) is 5.69 Å². The summed E-state index contributed by atoms with van der Waals surface area (Å²) in [7, 11) is 0. The fourth-order valence-corrected chi connectivity index (χ4v) is 2.28. The van der Waals surface area contributed by atoms with Crippen molar-refractivity contribution in [1.29, 1.82) is 0 Å². The number of nitrogens with zero attached hydrogens (tertiary/aromatic N) is 1. The van der Waals surface area contributed by atoms with Crippen LogP contribution in [0.5, 0.6) is 0 Å². The van der Waals surface area contributed by atoms with Crippen molar-refractivity contribution in [2.45, 2.75) is 33.2 Å². The summed E-state index contributed by atoms with van der Waals surface area (Å²) in [4.78, 5) is 23.2. The fraction of sp³-hybridized carbons (Fsp3) is 0.312. The molecule has 7 nitrogen and oxygen atoms in total. The van der Waals surface area contributed by atoms with Crippen LogP contribution in [0.4, 0.5) is 10.5 Å². The molecule has 3 amide bonds. The van der Waals surface area contributed by atoms with Crippen LogP contribution in [0, 0.1) is 13.8 Å². The number of primary amides is 1. The van der Waals surface area contributed by atoms with Gasteiger partial charge in [0, 0.05) is 29.4 Å². The zero-order chi connectivity index (χ0) is 17.0. The van der Waals surface area contributed by atoms with Crippen molar-refractivity contribution in [3.63, 3.8) is 0 Å². The number of H-pyrrole nitrogens is 1. The van der Waals surface area contributed by atoms with E-state index in [-0.39, 0.29) is 12.1 Å². The summed E-state index contributed by atoms with van der Waals surface area (Å²) in [6.45, 7) is 5.64. The zero-order valence-corrected chi connectivity index (χ0v) is 13.4. The Balaban J connectivity index is 1.92. The van der Waals surface area contributed by atoms with Crippen molar-refractivity contribution in [2.75, 3.05) is 5.32 Å². The van der Waals surface area contributed by atoms with Crippen LogP contribution in [0.25, 0.3) is 0 Å². The molecule has 0 bridgehead atoms. The van der Waals surface area contributed by atoms with Gasteiger partial charge in [0.2, 0.25) is 5.91 Å². The van der Waals surface area contributed by atoms with Crippen molar-refractivity contribution >= 4 is 17.6 Å². The van der Waals surface area contributed by atoms with Gasteiger partial charge < -0.3 is 16.4 Å². The Bertz CT molecular complexity index is 723. The number of carbonyl (C=O) groups is 2. The Kier molecular flexibility index (Phi) is 5.00. The molecule has 1 heterocycles. The molecule has 5 N–H and O–H groups in total. The summed E-state index contributed by atoms with van der Waals surface area (Å²) in [5.41, 5.74) is 8.93. The SMILES string of the molecule is Cc1cc(C[C@H](C)NC(=O)Nc2ccc(C(N)=O)cc2C)n[nH]1. The molecule has 0 saturated heterocycles. The summed E-state index contributed by atoms with van der Waals surface area (Å²) in [5, 5.41) is 12.6. The molecule has 1 atom stereocenters. The second-order valence-corrected chi connectivity index (χ2v) is 5.64. The van der Waals surface area contributed by atoms with E-state index in [1.54, 1.807) is 25.1 Å². The summed E-state index contributed by atoms with van der Waals surface area (Å²) in [6.07, 6.45) is 0.636. The van der Waals surface area contributed by atoms with Crippen LogP contribution in [0.1, 0.15) is 34.2 Å². The zero-order valence-electron chi connectivity index (χ0n) is 13.4. The van der Waals surface area contributed by atoms with Crippen molar-refractivity contribution in [2.24, 2.45) is 5.73 Å². The fourth-order valence-electron chi connectivity index (χ4n) is 2.28. The number of nitrogens with two attached hydrogens (primary N) is 1. The highest BCUT2D eigenvalue weighted by Gasteiger charge is 2.11. The number of benzene rings is 1. The first-order valence-electron chi connectivity index (χ1n) is 7.34. The molecule has 122 valence electrons. The highest BCUT2D eigenvalue weighted by Crippen LogP contribution is 2.16. The Hall–Kier alpha value is -2.83. The van der Waals surface area contributed by atoms with Crippen LogP contribution < -0.4 is 16.4 Å². The number of aromatic amines is 1. The third-order valence-electron chi connectivity index (χ3n) is 3.41. The van der Waals surface area contributed by atoms with Crippen LogP contribution >= 0.6 is 0 Å². The second kappa shape index (κ2) is 6.95. The first-order chi connectivity index (χ1) is 10.8. The van der Waals surface area contributed by atoms with Gasteiger partial charge in [0.15, 0.2) is 0 Å². The van der Waals surface area contributed by atoms with E-state index in [0.29, 0.717) is 17.7 Å². The maximum absolute atomic E-state index is 12.0. The molecule has 0 saturated carbocycles. The van der Waals surface area contributed by atoms with Crippen molar-refractivity contribution in [3.8, 4) is 0 Å². The van der Waals surface area contributed by atoms with E-state index < -0.39 is 5.91 Å². The number of aromatic nitrogens is 2. The molecule has 0 aliphatic rings. The quantitative estimate of drug-likeness (QED) is 0.675. The van der Waals surface area contributed by atoms with Gasteiger partial charge in [0.25, 0.3) is 0 Å². The third-order valence-corrected chi connectivity index (χ3v) is 3.41. The van der Waals surface area contributed by atoms with Gasteiger partial charge >= 0.3 is 6.03 Å². The lowest BCUT2D eigenvalue weighted by Gasteiger charge is -2.15. The van der Waals surface area contributed by atoms with Crippen molar-refractivity contribution < 1.29 is 9.59 Å². The molecule has 0 spiro atoms. The van der Waals surface area contributed by atoms with Crippen molar-refractivity contribution in [3.05, 3.63) is 46.8 Å². The summed E-state index contributed by atoms with van der Waals surface area (Å²) in [6, 6.07) is 6.47. The van der Waals surface area contributed by atoms with E-state index in [0.717, 1.165) is 17.0 Å². The number of aryl methyl sites for hydroxylation is 2. The molecule has 1 aromatic carbocycles. The molecule has 23 heavy (non-hydrogen) atoms. The Morgan fingerprint density at radius 1 is 1.30 bits per heavy atom. The van der Waals surface area contributed by atoms with Gasteiger partial charge in [-0.25, -0.2) is 4.79 Å². The average Bonchev–Trinajstić information content (AvgIpc) is 2.85. The Labute approximate surface area is 134 Å². The lowest BCUT2D eigenvalue weighted by atomic mass is 10.1. The highest BCUT2D eigenvalue weighted by molar-refractivity contribution is 5.95. The first kappa shape index (κ1) is 16.5. The largest absolute Gasteiger partial charge is 0.366 e. The van der Waals surface area contributed by atoms with E-state index >= 15 is 0 Å². The maximum Gasteiger partial charge on any atom is 0.319 e. The predicted molar refractivity (Wildman–Crippen MR) is 88.3 cm³/mol. The minimum Gasteiger partial charge on any atom is -0.366 e. The van der Waals surface area contributed by atoms with Crippen LogP contribution in [0.2, 0.25) is 0 Å². The molecule has 2 aromatic rings. The number of urea groups is 1. The number of hydrogen-bond acceptors (Lipinski definition) is 3. The molecule has 0 aliphatic heterocycles. The van der Waals surface area contributed by atoms with Crippen LogP contribution in [0.3, 0.4) is 0 Å². The predicted octanol–water partition coefficient (Wildman–Crippen LogP) is 1.88. The minimum atomic E-state index is -0.494. The lowest BCUT2D eigenvalue weighted by molar-refractivity contribution is 0.1000. The van der Waals surface area contributed by atoms with E-state index in [9.17, 15) is 9.59 Å². The third kappa shape index (κ3) is 4.57. The highest BCUT2D eigenvalue weighted by atomic mass is 16.2. The topological polar surface area (TPSA) is 113 Å². The summed E-state index contributed by atoms with van der Waals surface area (Å²) in [5.74, 6) is -0.494. The van der Waals surface area contributed by atoms with E-state index in [1.165, 1.54) is 0 Å². The molecular weight excluding hydrogens is 294 g/mol. The average molecular weight is 315 g/mol. The van der Waals surface area contributed by atoms with Crippen LogP contribution in [-0.4, -0.2) is 28.2 Å². The van der Waals surface area contributed by atoms with E-state index in [4.69, 9.17) is 5.73 Å². The smallest absolute Gasteiger partial charge is 0.319 e. The molecule has 7 heteroatoms. The number of nitrogens with one attached hydrogen (secondary N) is 3. The normalized spacial score (nSPS) is 11.8. The van der Waals surface area contributed by atoms with Crippen LogP contribution in [0.15, 0.2) is 24.3 Å². The van der Waals surface area contributed by atoms with Crippen LogP contribution in [-0.2, 0) is 6.42 Å². The summed E-state index contributed by atoms with van der Waals surface area (Å²) >= 11 is 0. The number of hydrogen-bond donors (Lipinski definition) is 4. The standard InChI is InChI=1S/C16H21N5O2/c1-9-6-12(15(17)22)4-5-14(9)19-16(23)18-10(2)7-13-8-11(3)20-21-13/h4-6,8,10H,7H2,1-3H3,(H2,17,22)(H,20,21)(H2,18,19,23)/t10-/m0/s1. The number of anilines is 1. The number of rotatable bonds is 5. The first-order valence-corrected chi connectivity index (χ1v) is 7.34. The molecule has 0 fully saturated rings. The van der Waals surface area contributed by atoms with Gasteiger partial charge in [-0.3, -0.25) is 9.89 Å².